The maximum atomic E-state index is 9.06. The molecule has 0 aliphatic carbocycles. The van der Waals surface area contributed by atoms with E-state index >= 15 is 0 Å². The molecule has 0 aliphatic heterocycles. The number of benzene rings is 4. The lowest BCUT2D eigenvalue weighted by Crippen LogP contribution is -1.88. The van der Waals surface area contributed by atoms with Gasteiger partial charge < -0.3 is 0 Å². The van der Waals surface area contributed by atoms with Crippen LogP contribution in [0.25, 0.3) is 32.7 Å². The lowest BCUT2D eigenvalue weighted by atomic mass is 9.91. The minimum atomic E-state index is 0.681. The molecule has 0 aromatic heterocycles. The summed E-state index contributed by atoms with van der Waals surface area (Å²) in [7, 11) is 0. The first-order valence-electron chi connectivity index (χ1n) is 7.80. The number of aryl methyl sites for hydroxylation is 1. The van der Waals surface area contributed by atoms with E-state index in [0.717, 1.165) is 10.0 Å². The molecule has 4 aromatic carbocycles. The van der Waals surface area contributed by atoms with Gasteiger partial charge in [0.2, 0.25) is 0 Å². The Morgan fingerprint density at radius 2 is 1.46 bits per heavy atom. The van der Waals surface area contributed by atoms with Gasteiger partial charge in [-0.05, 0) is 67.7 Å². The quantitative estimate of drug-likeness (QED) is 0.345. The Balaban J connectivity index is 2.19. The standard InChI is InChI=1S/C22H14BrN/c1-14-6-11-19-20(12-14)21(16-9-7-15(13-24)8-10-16)17-4-2-3-5-18(17)22(19)23/h2-12H,1H3. The van der Waals surface area contributed by atoms with Gasteiger partial charge in [-0.3, -0.25) is 0 Å². The zero-order valence-electron chi connectivity index (χ0n) is 13.2. The van der Waals surface area contributed by atoms with Crippen LogP contribution in [-0.4, -0.2) is 0 Å². The number of hydrogen-bond acceptors (Lipinski definition) is 1. The minimum absolute atomic E-state index is 0.681. The fraction of sp³-hybridized carbons (Fsp3) is 0.0455. The van der Waals surface area contributed by atoms with Crippen molar-refractivity contribution < 1.29 is 0 Å². The largest absolute Gasteiger partial charge is 0.192 e. The third-order valence-corrected chi connectivity index (χ3v) is 5.27. The first kappa shape index (κ1) is 14.9. The van der Waals surface area contributed by atoms with Gasteiger partial charge in [-0.1, -0.05) is 60.2 Å². The normalized spacial score (nSPS) is 10.9. The fourth-order valence-electron chi connectivity index (χ4n) is 3.26. The molecule has 0 aliphatic rings. The highest BCUT2D eigenvalue weighted by atomic mass is 79.9. The van der Waals surface area contributed by atoms with Crippen LogP contribution in [0.15, 0.2) is 71.2 Å². The highest BCUT2D eigenvalue weighted by Crippen LogP contribution is 2.41. The summed E-state index contributed by atoms with van der Waals surface area (Å²) < 4.78 is 1.13. The molecular formula is C22H14BrN. The van der Waals surface area contributed by atoms with Crippen LogP contribution in [0.3, 0.4) is 0 Å². The molecule has 24 heavy (non-hydrogen) atoms. The summed E-state index contributed by atoms with van der Waals surface area (Å²) in [6, 6.07) is 25.0. The van der Waals surface area contributed by atoms with Crippen LogP contribution >= 0.6 is 15.9 Å². The number of rotatable bonds is 1. The monoisotopic (exact) mass is 371 g/mol. The van der Waals surface area contributed by atoms with Gasteiger partial charge in [-0.25, -0.2) is 0 Å². The van der Waals surface area contributed by atoms with Crippen molar-refractivity contribution in [2.24, 2.45) is 0 Å². The third-order valence-electron chi connectivity index (χ3n) is 4.42. The second-order valence-corrected chi connectivity index (χ2v) is 6.77. The molecule has 0 bridgehead atoms. The topological polar surface area (TPSA) is 23.8 Å². The Morgan fingerprint density at radius 3 is 2.17 bits per heavy atom. The van der Waals surface area contributed by atoms with E-state index in [2.05, 4.69) is 71.4 Å². The minimum Gasteiger partial charge on any atom is -0.192 e. The Labute approximate surface area is 149 Å². The predicted molar refractivity (Wildman–Crippen MR) is 104 cm³/mol. The number of nitrogens with zero attached hydrogens (tertiary/aromatic N) is 1. The number of hydrogen-bond donors (Lipinski definition) is 0. The molecule has 4 aromatic rings. The highest BCUT2D eigenvalue weighted by molar-refractivity contribution is 9.10. The summed E-state index contributed by atoms with van der Waals surface area (Å²) in [6.07, 6.45) is 0. The molecule has 0 N–H and O–H groups in total. The average Bonchev–Trinajstić information content (AvgIpc) is 2.62. The van der Waals surface area contributed by atoms with Crippen molar-refractivity contribution in [3.63, 3.8) is 0 Å². The van der Waals surface area contributed by atoms with Gasteiger partial charge in [0.1, 0.15) is 0 Å². The van der Waals surface area contributed by atoms with Gasteiger partial charge in [-0.15, -0.1) is 0 Å². The maximum absolute atomic E-state index is 9.06. The van der Waals surface area contributed by atoms with Crippen molar-refractivity contribution in [1.82, 2.24) is 0 Å². The van der Waals surface area contributed by atoms with Gasteiger partial charge in [-0.2, -0.15) is 5.26 Å². The molecule has 0 radical (unpaired) electrons. The number of halogens is 1. The van der Waals surface area contributed by atoms with Crippen LogP contribution < -0.4 is 0 Å². The molecule has 0 unspecified atom stereocenters. The highest BCUT2D eigenvalue weighted by Gasteiger charge is 2.13. The first-order chi connectivity index (χ1) is 11.7. The van der Waals surface area contributed by atoms with Crippen molar-refractivity contribution in [3.05, 3.63) is 82.3 Å². The Bertz CT molecular complexity index is 1120. The number of nitriles is 1. The van der Waals surface area contributed by atoms with Gasteiger partial charge in [0, 0.05) is 4.47 Å². The van der Waals surface area contributed by atoms with Gasteiger partial charge in [0.05, 0.1) is 11.6 Å². The molecule has 0 saturated carbocycles. The van der Waals surface area contributed by atoms with Crippen LogP contribution in [0.4, 0.5) is 0 Å². The second-order valence-electron chi connectivity index (χ2n) is 5.97. The van der Waals surface area contributed by atoms with E-state index in [4.69, 9.17) is 5.26 Å². The molecule has 0 heterocycles. The van der Waals surface area contributed by atoms with E-state index in [0.29, 0.717) is 5.56 Å². The van der Waals surface area contributed by atoms with E-state index in [1.165, 1.54) is 32.7 Å². The van der Waals surface area contributed by atoms with E-state index in [1.54, 1.807) is 0 Å². The summed E-state index contributed by atoms with van der Waals surface area (Å²) >= 11 is 3.79. The summed E-state index contributed by atoms with van der Waals surface area (Å²) in [5.41, 5.74) is 4.27. The van der Waals surface area contributed by atoms with Crippen molar-refractivity contribution in [2.75, 3.05) is 0 Å². The summed E-state index contributed by atoms with van der Waals surface area (Å²) in [5, 5.41) is 13.9. The van der Waals surface area contributed by atoms with E-state index in [9.17, 15) is 0 Å². The summed E-state index contributed by atoms with van der Waals surface area (Å²) in [6.45, 7) is 2.12. The molecule has 2 heteroatoms. The molecule has 4 rings (SSSR count). The molecule has 114 valence electrons. The summed E-state index contributed by atoms with van der Waals surface area (Å²) in [5.74, 6) is 0. The number of fused-ring (bicyclic) bond motifs is 2. The van der Waals surface area contributed by atoms with Crippen molar-refractivity contribution in [2.45, 2.75) is 6.92 Å². The van der Waals surface area contributed by atoms with Gasteiger partial charge >= 0.3 is 0 Å². The molecule has 0 saturated heterocycles. The third kappa shape index (κ3) is 2.29. The Morgan fingerprint density at radius 1 is 0.792 bits per heavy atom. The first-order valence-corrected chi connectivity index (χ1v) is 8.59. The zero-order chi connectivity index (χ0) is 16.7. The van der Waals surface area contributed by atoms with Crippen LogP contribution in [0.5, 0.6) is 0 Å². The predicted octanol–water partition coefficient (Wildman–Crippen LogP) is 6.60. The molecule has 0 amide bonds. The van der Waals surface area contributed by atoms with Crippen molar-refractivity contribution in [3.8, 4) is 17.2 Å². The fourth-order valence-corrected chi connectivity index (χ4v) is 3.95. The Kier molecular flexibility index (Phi) is 3.59. The molecule has 0 spiro atoms. The van der Waals surface area contributed by atoms with Crippen molar-refractivity contribution >= 4 is 37.5 Å². The van der Waals surface area contributed by atoms with Crippen LogP contribution in [-0.2, 0) is 0 Å². The maximum Gasteiger partial charge on any atom is 0.0991 e. The van der Waals surface area contributed by atoms with Gasteiger partial charge in [0.15, 0.2) is 0 Å². The molecule has 0 atom stereocenters. The van der Waals surface area contributed by atoms with E-state index < -0.39 is 0 Å². The van der Waals surface area contributed by atoms with Gasteiger partial charge in [0.25, 0.3) is 0 Å². The van der Waals surface area contributed by atoms with E-state index in [1.807, 2.05) is 24.3 Å². The second kappa shape index (κ2) is 5.78. The lowest BCUT2D eigenvalue weighted by molar-refractivity contribution is 1.48. The molecular weight excluding hydrogens is 358 g/mol. The van der Waals surface area contributed by atoms with Crippen LogP contribution in [0.1, 0.15) is 11.1 Å². The van der Waals surface area contributed by atoms with Crippen LogP contribution in [0, 0.1) is 18.3 Å². The van der Waals surface area contributed by atoms with Crippen molar-refractivity contribution in [1.29, 1.82) is 5.26 Å². The zero-order valence-corrected chi connectivity index (χ0v) is 14.8. The SMILES string of the molecule is Cc1ccc2c(Br)c3ccccc3c(-c3ccc(C#N)cc3)c2c1. The average molecular weight is 372 g/mol. The molecule has 1 nitrogen and oxygen atoms in total. The molecule has 0 fully saturated rings. The smallest absolute Gasteiger partial charge is 0.0991 e. The summed E-state index contributed by atoms with van der Waals surface area (Å²) in [4.78, 5) is 0. The van der Waals surface area contributed by atoms with Crippen LogP contribution in [0.2, 0.25) is 0 Å². The lowest BCUT2D eigenvalue weighted by Gasteiger charge is -2.15. The Hall–Kier alpha value is -2.63. The van der Waals surface area contributed by atoms with E-state index in [-0.39, 0.29) is 0 Å².